The van der Waals surface area contributed by atoms with Gasteiger partial charge >= 0.3 is 5.97 Å². The number of benzene rings is 1. The fourth-order valence-corrected chi connectivity index (χ4v) is 2.99. The monoisotopic (exact) mass is 468 g/mol. The van der Waals surface area contributed by atoms with Crippen LogP contribution >= 0.6 is 12.6 Å². The number of aliphatic hydroxyl groups excluding tert-OH is 1. The van der Waals surface area contributed by atoms with Gasteiger partial charge in [-0.05, 0) is 11.5 Å². The van der Waals surface area contributed by atoms with Crippen LogP contribution in [0.2, 0.25) is 0 Å². The molecule has 0 bridgehead atoms. The Morgan fingerprint density at radius 3 is 2.09 bits per heavy atom. The van der Waals surface area contributed by atoms with Crippen molar-refractivity contribution in [3.8, 4) is 0 Å². The number of nitrogens with one attached hydrogen (secondary N) is 3. The maximum Gasteiger partial charge on any atom is 0.328 e. The highest BCUT2D eigenvalue weighted by atomic mass is 32.1. The number of carboxylic acid groups (broad SMARTS) is 1. The summed E-state index contributed by atoms with van der Waals surface area (Å²) in [6.45, 7) is 2.74. The number of carbonyl (C=O) groups is 4. The molecule has 0 saturated carbocycles. The van der Waals surface area contributed by atoms with Gasteiger partial charge in [0.1, 0.15) is 18.1 Å². The largest absolute Gasteiger partial charge is 0.480 e. The summed E-state index contributed by atoms with van der Waals surface area (Å²) >= 11 is 4.00. The molecule has 0 saturated heterocycles. The molecule has 0 spiro atoms. The van der Waals surface area contributed by atoms with Gasteiger partial charge in [0.2, 0.25) is 17.7 Å². The van der Waals surface area contributed by atoms with Crippen LogP contribution in [-0.2, 0) is 25.6 Å². The summed E-state index contributed by atoms with van der Waals surface area (Å²) in [7, 11) is 0. The summed E-state index contributed by atoms with van der Waals surface area (Å²) in [6, 6.07) is 4.47. The van der Waals surface area contributed by atoms with E-state index in [1.165, 1.54) is 0 Å². The number of aliphatic hydroxyl groups is 1. The lowest BCUT2D eigenvalue weighted by Gasteiger charge is -2.28. The van der Waals surface area contributed by atoms with Crippen molar-refractivity contribution in [1.82, 2.24) is 16.0 Å². The number of hydrogen-bond donors (Lipinski definition) is 7. The number of hydrogen-bond acceptors (Lipinski definition) is 7. The van der Waals surface area contributed by atoms with E-state index in [-0.39, 0.29) is 18.1 Å². The highest BCUT2D eigenvalue weighted by molar-refractivity contribution is 7.80. The van der Waals surface area contributed by atoms with E-state index < -0.39 is 54.5 Å². The van der Waals surface area contributed by atoms with Crippen molar-refractivity contribution in [3.63, 3.8) is 0 Å². The SMILES string of the molecule is CCC(C)C(NC(=O)C(Cc1ccccc1)NC(=O)C(N)CS)C(=O)NC(CO)C(=O)O. The van der Waals surface area contributed by atoms with Crippen LogP contribution in [0.25, 0.3) is 0 Å². The average molecular weight is 469 g/mol. The maximum atomic E-state index is 13.1. The fourth-order valence-electron chi connectivity index (χ4n) is 2.82. The van der Waals surface area contributed by atoms with Crippen molar-refractivity contribution >= 4 is 36.3 Å². The van der Waals surface area contributed by atoms with E-state index >= 15 is 0 Å². The van der Waals surface area contributed by atoms with Gasteiger partial charge in [0.15, 0.2) is 0 Å². The fraction of sp³-hybridized carbons (Fsp3) is 0.524. The second-order valence-electron chi connectivity index (χ2n) is 7.49. The zero-order valence-corrected chi connectivity index (χ0v) is 19.0. The molecule has 32 heavy (non-hydrogen) atoms. The Balaban J connectivity index is 3.08. The van der Waals surface area contributed by atoms with Crippen molar-refractivity contribution in [1.29, 1.82) is 0 Å². The Morgan fingerprint density at radius 2 is 1.59 bits per heavy atom. The van der Waals surface area contributed by atoms with Crippen LogP contribution in [0.3, 0.4) is 0 Å². The summed E-state index contributed by atoms with van der Waals surface area (Å²) in [5, 5.41) is 25.7. The highest BCUT2D eigenvalue weighted by Crippen LogP contribution is 2.10. The first-order valence-corrected chi connectivity index (χ1v) is 10.9. The molecule has 0 heterocycles. The van der Waals surface area contributed by atoms with Crippen LogP contribution < -0.4 is 21.7 Å². The molecule has 5 unspecified atom stereocenters. The molecule has 0 aliphatic carbocycles. The van der Waals surface area contributed by atoms with E-state index in [2.05, 4.69) is 28.6 Å². The molecule has 7 N–H and O–H groups in total. The molecule has 1 aromatic carbocycles. The van der Waals surface area contributed by atoms with Crippen molar-refractivity contribution in [2.75, 3.05) is 12.4 Å². The van der Waals surface area contributed by atoms with Crippen molar-refractivity contribution in [3.05, 3.63) is 35.9 Å². The molecule has 5 atom stereocenters. The lowest BCUT2D eigenvalue weighted by molar-refractivity contribution is -0.143. The zero-order chi connectivity index (χ0) is 24.3. The van der Waals surface area contributed by atoms with Crippen LogP contribution in [0.1, 0.15) is 25.8 Å². The van der Waals surface area contributed by atoms with E-state index in [4.69, 9.17) is 10.8 Å². The summed E-state index contributed by atoms with van der Waals surface area (Å²) in [6.07, 6.45) is 0.663. The van der Waals surface area contributed by atoms with Crippen molar-refractivity contribution < 1.29 is 29.4 Å². The normalized spacial score (nSPS) is 15.5. The quantitative estimate of drug-likeness (QED) is 0.183. The van der Waals surface area contributed by atoms with Crippen LogP contribution in [0, 0.1) is 5.92 Å². The Hall–Kier alpha value is -2.63. The van der Waals surface area contributed by atoms with Crippen LogP contribution in [-0.4, -0.2) is 70.4 Å². The predicted molar refractivity (Wildman–Crippen MR) is 122 cm³/mol. The topological polar surface area (TPSA) is 171 Å². The standard InChI is InChI=1S/C21H32N4O6S/c1-3-12(2)17(20(29)24-16(10-26)21(30)31)25-19(28)15(23-18(27)14(22)11-32)9-13-7-5-4-6-8-13/h4-8,12,14-17,26,32H,3,9-11,22H2,1-2H3,(H,23,27)(H,24,29)(H,25,28)(H,30,31). The van der Waals surface area contributed by atoms with Gasteiger partial charge in [0, 0.05) is 12.2 Å². The van der Waals surface area contributed by atoms with E-state index in [0.29, 0.717) is 6.42 Å². The van der Waals surface area contributed by atoms with Gasteiger partial charge < -0.3 is 31.9 Å². The lowest BCUT2D eigenvalue weighted by Crippen LogP contribution is -2.59. The van der Waals surface area contributed by atoms with Crippen LogP contribution in [0.15, 0.2) is 30.3 Å². The van der Waals surface area contributed by atoms with E-state index in [1.54, 1.807) is 31.2 Å². The molecule has 0 fully saturated rings. The Morgan fingerprint density at radius 1 is 1.00 bits per heavy atom. The third-order valence-electron chi connectivity index (χ3n) is 5.04. The number of thiol groups is 1. The van der Waals surface area contributed by atoms with Crippen LogP contribution in [0.5, 0.6) is 0 Å². The lowest BCUT2D eigenvalue weighted by atomic mass is 9.96. The summed E-state index contributed by atoms with van der Waals surface area (Å²) in [4.78, 5) is 49.2. The molecule has 0 radical (unpaired) electrons. The Labute approximate surface area is 192 Å². The molecule has 3 amide bonds. The molecule has 11 heteroatoms. The minimum Gasteiger partial charge on any atom is -0.480 e. The number of amides is 3. The van der Waals surface area contributed by atoms with E-state index in [9.17, 15) is 24.3 Å². The first kappa shape index (κ1) is 27.4. The van der Waals surface area contributed by atoms with Crippen molar-refractivity contribution in [2.45, 2.75) is 50.9 Å². The molecule has 10 nitrogen and oxygen atoms in total. The van der Waals surface area contributed by atoms with Gasteiger partial charge in [0.05, 0.1) is 12.6 Å². The minimum absolute atomic E-state index is 0.0845. The minimum atomic E-state index is -1.50. The number of nitrogens with two attached hydrogens (primary N) is 1. The zero-order valence-electron chi connectivity index (χ0n) is 18.2. The molecule has 178 valence electrons. The van der Waals surface area contributed by atoms with Gasteiger partial charge in [0.25, 0.3) is 0 Å². The predicted octanol–water partition coefficient (Wildman–Crippen LogP) is -0.936. The van der Waals surface area contributed by atoms with Crippen molar-refractivity contribution in [2.24, 2.45) is 11.7 Å². The molecule has 1 rings (SSSR count). The van der Waals surface area contributed by atoms with Gasteiger partial charge in [-0.3, -0.25) is 14.4 Å². The third kappa shape index (κ3) is 8.48. The maximum absolute atomic E-state index is 13.1. The first-order chi connectivity index (χ1) is 15.1. The van der Waals surface area contributed by atoms with E-state index in [0.717, 1.165) is 5.56 Å². The summed E-state index contributed by atoms with van der Waals surface area (Å²) < 4.78 is 0. The average Bonchev–Trinajstić information content (AvgIpc) is 2.79. The first-order valence-electron chi connectivity index (χ1n) is 10.3. The number of carboxylic acids is 1. The van der Waals surface area contributed by atoms with Gasteiger partial charge in [-0.1, -0.05) is 50.6 Å². The van der Waals surface area contributed by atoms with E-state index in [1.807, 2.05) is 13.0 Å². The van der Waals surface area contributed by atoms with Gasteiger partial charge in [-0.2, -0.15) is 12.6 Å². The summed E-state index contributed by atoms with van der Waals surface area (Å²) in [5.41, 5.74) is 6.49. The Bertz CT molecular complexity index is 779. The second-order valence-corrected chi connectivity index (χ2v) is 7.86. The highest BCUT2D eigenvalue weighted by Gasteiger charge is 2.32. The number of carbonyl (C=O) groups excluding carboxylic acids is 3. The number of rotatable bonds is 13. The molecule has 0 aliphatic rings. The smallest absolute Gasteiger partial charge is 0.328 e. The Kier molecular flexibility index (Phi) is 11.7. The molecule has 1 aromatic rings. The number of aliphatic carboxylic acids is 1. The molecular formula is C21H32N4O6S. The second kappa shape index (κ2) is 13.7. The molecule has 0 aliphatic heterocycles. The summed E-state index contributed by atoms with van der Waals surface area (Å²) in [5.74, 6) is -3.59. The van der Waals surface area contributed by atoms with Gasteiger partial charge in [-0.25, -0.2) is 4.79 Å². The van der Waals surface area contributed by atoms with Gasteiger partial charge in [-0.15, -0.1) is 0 Å². The molecular weight excluding hydrogens is 436 g/mol. The molecule has 0 aromatic heterocycles. The van der Waals surface area contributed by atoms with Crippen LogP contribution in [0.4, 0.5) is 0 Å². The third-order valence-corrected chi connectivity index (χ3v) is 5.43.